The Labute approximate surface area is 235 Å². The van der Waals surface area contributed by atoms with Crippen LogP contribution in [-0.4, -0.2) is 57.8 Å². The van der Waals surface area contributed by atoms with Crippen LogP contribution in [0.15, 0.2) is 53.6 Å². The van der Waals surface area contributed by atoms with Crippen molar-refractivity contribution in [3.8, 4) is 16.9 Å². The Bertz CT molecular complexity index is 1500. The summed E-state index contributed by atoms with van der Waals surface area (Å²) in [6.45, 7) is 6.20. The molecule has 3 N–H and O–H groups in total. The first-order chi connectivity index (χ1) is 18.7. The fraction of sp³-hybridized carbons (Fsp3) is 0.345. The molecule has 1 fully saturated rings. The lowest BCUT2D eigenvalue weighted by molar-refractivity contribution is 0.100. The molecule has 0 aliphatic carbocycles. The largest absolute Gasteiger partial charge is 0.612 e. The Morgan fingerprint density at radius 1 is 1.23 bits per heavy atom. The summed E-state index contributed by atoms with van der Waals surface area (Å²) in [6, 6.07) is 13.6. The lowest BCUT2D eigenvalue weighted by Crippen LogP contribution is -2.29. The van der Waals surface area contributed by atoms with Gasteiger partial charge in [-0.2, -0.15) is 0 Å². The van der Waals surface area contributed by atoms with Gasteiger partial charge < -0.3 is 25.2 Å². The van der Waals surface area contributed by atoms with Crippen LogP contribution in [0.3, 0.4) is 0 Å². The van der Waals surface area contributed by atoms with Crippen LogP contribution < -0.4 is 15.8 Å². The van der Waals surface area contributed by atoms with Crippen LogP contribution in [0.5, 0.6) is 5.75 Å². The van der Waals surface area contributed by atoms with Gasteiger partial charge in [0.15, 0.2) is 4.90 Å². The molecule has 8 nitrogen and oxygen atoms in total. The van der Waals surface area contributed by atoms with E-state index in [-0.39, 0.29) is 6.10 Å². The van der Waals surface area contributed by atoms with Crippen molar-refractivity contribution in [3.05, 3.63) is 59.1 Å². The maximum absolute atomic E-state index is 12.4. The number of ether oxygens (including phenoxy) is 1. The van der Waals surface area contributed by atoms with Crippen LogP contribution in [0.25, 0.3) is 21.3 Å². The smallest absolute Gasteiger partial charge is 0.259 e. The number of piperidine rings is 1. The molecule has 0 radical (unpaired) electrons. The Kier molecular flexibility index (Phi) is 8.08. The summed E-state index contributed by atoms with van der Waals surface area (Å²) in [5, 5.41) is 3.34. The van der Waals surface area contributed by atoms with E-state index in [4.69, 9.17) is 15.5 Å². The lowest BCUT2D eigenvalue weighted by atomic mass is 9.89. The van der Waals surface area contributed by atoms with Gasteiger partial charge in [0, 0.05) is 11.6 Å². The second-order valence-corrected chi connectivity index (χ2v) is 12.6. The molecule has 1 unspecified atom stereocenters. The number of nitrogens with two attached hydrogens (primary N) is 1. The number of carbonyl (C=O) groups excluding carboxylic acids is 1. The van der Waals surface area contributed by atoms with Crippen LogP contribution in [0.1, 0.15) is 47.8 Å². The second-order valence-electron chi connectivity index (χ2n) is 10.2. The molecular formula is C29H33N5O3S2. The zero-order valence-electron chi connectivity index (χ0n) is 22.6. The molecule has 1 aliphatic heterocycles. The van der Waals surface area contributed by atoms with E-state index in [1.54, 1.807) is 18.5 Å². The van der Waals surface area contributed by atoms with E-state index in [0.29, 0.717) is 32.7 Å². The monoisotopic (exact) mass is 563 g/mol. The Morgan fingerprint density at radius 2 is 2.00 bits per heavy atom. The summed E-state index contributed by atoms with van der Waals surface area (Å²) in [5.74, 6) is 1.11. The SMILES string of the molecule is CC(C)Oc1cc(C2CCN(C)CC2)ccc1Nc1ncc2sc(C(N)=O)c(-c3cccc([S+](C)[O-])c3)c2n1. The molecule has 10 heteroatoms. The van der Waals surface area contributed by atoms with E-state index in [0.717, 1.165) is 47.6 Å². The number of rotatable bonds is 8. The number of amides is 1. The molecule has 2 aromatic carbocycles. The fourth-order valence-corrected chi connectivity index (χ4v) is 6.48. The van der Waals surface area contributed by atoms with Crippen LogP contribution in [-0.2, 0) is 11.2 Å². The summed E-state index contributed by atoms with van der Waals surface area (Å²) in [7, 11) is 2.17. The number of hydrogen-bond acceptors (Lipinski definition) is 8. The van der Waals surface area contributed by atoms with E-state index in [1.165, 1.54) is 16.9 Å². The Morgan fingerprint density at radius 3 is 2.69 bits per heavy atom. The van der Waals surface area contributed by atoms with E-state index in [9.17, 15) is 9.35 Å². The molecule has 3 heterocycles. The molecule has 0 bridgehead atoms. The van der Waals surface area contributed by atoms with Gasteiger partial charge >= 0.3 is 0 Å². The number of anilines is 2. The minimum Gasteiger partial charge on any atom is -0.612 e. The van der Waals surface area contributed by atoms with Crippen molar-refractivity contribution in [1.82, 2.24) is 14.9 Å². The van der Waals surface area contributed by atoms with Crippen molar-refractivity contribution in [1.29, 1.82) is 0 Å². The minimum atomic E-state index is -1.17. The molecule has 4 aromatic rings. The fourth-order valence-electron chi connectivity index (χ4n) is 4.93. The van der Waals surface area contributed by atoms with Crippen molar-refractivity contribution in [2.24, 2.45) is 5.73 Å². The van der Waals surface area contributed by atoms with Crippen LogP contribution in [0.2, 0.25) is 0 Å². The third kappa shape index (κ3) is 6.04. The van der Waals surface area contributed by atoms with Gasteiger partial charge in [-0.3, -0.25) is 4.79 Å². The number of primary amides is 1. The highest BCUT2D eigenvalue weighted by molar-refractivity contribution is 7.90. The molecule has 0 spiro atoms. The van der Waals surface area contributed by atoms with Gasteiger partial charge in [0.25, 0.3) is 5.91 Å². The first-order valence-corrected chi connectivity index (χ1v) is 15.4. The first kappa shape index (κ1) is 27.4. The molecule has 1 atom stereocenters. The van der Waals surface area contributed by atoms with E-state index in [2.05, 4.69) is 34.4 Å². The first-order valence-electron chi connectivity index (χ1n) is 13.0. The molecule has 1 aliphatic rings. The van der Waals surface area contributed by atoms with Crippen molar-refractivity contribution in [3.63, 3.8) is 0 Å². The third-order valence-corrected chi connectivity index (χ3v) is 8.96. The van der Waals surface area contributed by atoms with Gasteiger partial charge in [-0.05, 0) is 93.2 Å². The molecule has 204 valence electrons. The average Bonchev–Trinajstić information content (AvgIpc) is 3.29. The number of nitrogens with one attached hydrogen (secondary N) is 1. The highest BCUT2D eigenvalue weighted by Crippen LogP contribution is 2.40. The molecule has 2 aromatic heterocycles. The summed E-state index contributed by atoms with van der Waals surface area (Å²) >= 11 is 0.0836. The molecule has 39 heavy (non-hydrogen) atoms. The van der Waals surface area contributed by atoms with Crippen LogP contribution in [0, 0.1) is 0 Å². The molecular weight excluding hydrogens is 530 g/mol. The third-order valence-electron chi connectivity index (χ3n) is 6.91. The van der Waals surface area contributed by atoms with Crippen molar-refractivity contribution in [2.75, 3.05) is 31.7 Å². The summed E-state index contributed by atoms with van der Waals surface area (Å²) in [5.41, 5.74) is 9.77. The van der Waals surface area contributed by atoms with Gasteiger partial charge in [-0.25, -0.2) is 9.97 Å². The van der Waals surface area contributed by atoms with Gasteiger partial charge in [-0.15, -0.1) is 11.3 Å². The summed E-state index contributed by atoms with van der Waals surface area (Å²) in [4.78, 5) is 25.1. The number of likely N-dealkylation sites (tertiary alicyclic amines) is 1. The quantitative estimate of drug-likeness (QED) is 0.271. The second kappa shape index (κ2) is 11.5. The van der Waals surface area contributed by atoms with E-state index in [1.807, 2.05) is 38.1 Å². The number of fused-ring (bicyclic) bond motifs is 1. The molecule has 0 saturated carbocycles. The van der Waals surface area contributed by atoms with Crippen molar-refractivity contribution < 1.29 is 14.1 Å². The van der Waals surface area contributed by atoms with E-state index < -0.39 is 17.1 Å². The number of nitrogens with zero attached hydrogens (tertiary/aromatic N) is 3. The Balaban J connectivity index is 1.53. The maximum atomic E-state index is 12.4. The number of aromatic nitrogens is 2. The molecule has 1 amide bonds. The summed E-state index contributed by atoms with van der Waals surface area (Å²) < 4.78 is 19.1. The normalized spacial score (nSPS) is 15.5. The zero-order chi connectivity index (χ0) is 27.7. The average molecular weight is 564 g/mol. The topological polar surface area (TPSA) is 116 Å². The maximum Gasteiger partial charge on any atom is 0.259 e. The molecule has 5 rings (SSSR count). The number of thiophene rings is 1. The van der Waals surface area contributed by atoms with Crippen LogP contribution in [0.4, 0.5) is 11.6 Å². The predicted octanol–water partition coefficient (Wildman–Crippen LogP) is 5.53. The minimum absolute atomic E-state index is 0.000295. The highest BCUT2D eigenvalue weighted by atomic mass is 32.2. The van der Waals surface area contributed by atoms with Gasteiger partial charge in [-0.1, -0.05) is 18.2 Å². The lowest BCUT2D eigenvalue weighted by Gasteiger charge is -2.29. The molecule has 1 saturated heterocycles. The standard InChI is InChI=1S/C29H33N5O3S2/c1-17(2)37-23-15-19(18-10-12-34(3)13-11-18)8-9-22(23)32-29-31-16-24-26(33-29)25(27(38-24)28(30)35)20-6-5-7-21(14-20)39(4)36/h5-9,14-18H,10-13H2,1-4H3,(H2,30,35)(H,31,32,33). The van der Waals surface area contributed by atoms with Crippen molar-refractivity contribution >= 4 is 50.3 Å². The zero-order valence-corrected chi connectivity index (χ0v) is 24.2. The van der Waals surface area contributed by atoms with Gasteiger partial charge in [0.1, 0.15) is 16.9 Å². The van der Waals surface area contributed by atoms with E-state index >= 15 is 0 Å². The number of hydrogen-bond donors (Lipinski definition) is 2. The van der Waals surface area contributed by atoms with Gasteiger partial charge in [0.2, 0.25) is 5.95 Å². The highest BCUT2D eigenvalue weighted by Gasteiger charge is 2.23. The van der Waals surface area contributed by atoms with Crippen LogP contribution >= 0.6 is 11.3 Å². The van der Waals surface area contributed by atoms with Gasteiger partial charge in [0.05, 0.1) is 28.2 Å². The number of benzene rings is 2. The van der Waals surface area contributed by atoms with Crippen molar-refractivity contribution in [2.45, 2.75) is 43.6 Å². The summed E-state index contributed by atoms with van der Waals surface area (Å²) in [6.07, 6.45) is 5.57. The predicted molar refractivity (Wildman–Crippen MR) is 159 cm³/mol. The number of carbonyl (C=O) groups is 1. The Hall–Kier alpha value is -3.18.